The van der Waals surface area contributed by atoms with E-state index in [1.165, 1.54) is 35.8 Å². The van der Waals surface area contributed by atoms with Crippen molar-refractivity contribution in [2.75, 3.05) is 0 Å². The van der Waals surface area contributed by atoms with Gasteiger partial charge in [0.25, 0.3) is 0 Å². The number of hydrogen-bond acceptors (Lipinski definition) is 4. The van der Waals surface area contributed by atoms with E-state index in [1.807, 2.05) is 0 Å². The number of fused-ring (bicyclic) bond motifs is 1. The largest absolute Gasteiger partial charge is 0.493 e. The standard InChI is InChI=1S/C21H15F4N3O2S/c1-12-19(29)28(13-6-8-14(9-7-13)31-21(23,24)25)20(30)27(12)11-16-15-4-2-3-5-18(15)26-10-17(16)22/h2-10,29H,11H2,1H3. The molecule has 31 heavy (non-hydrogen) atoms. The molecule has 4 rings (SSSR count). The first kappa shape index (κ1) is 21.0. The molecule has 0 saturated carbocycles. The molecular formula is C21H15F4N3O2S. The average molecular weight is 449 g/mol. The Morgan fingerprint density at radius 1 is 1.10 bits per heavy atom. The first-order chi connectivity index (χ1) is 14.7. The van der Waals surface area contributed by atoms with Gasteiger partial charge in [-0.05, 0) is 49.0 Å². The summed E-state index contributed by atoms with van der Waals surface area (Å²) in [5, 5.41) is 11.1. The van der Waals surface area contributed by atoms with Crippen LogP contribution in [0.3, 0.4) is 0 Å². The number of nitrogens with zero attached hydrogens (tertiary/aromatic N) is 3. The summed E-state index contributed by atoms with van der Waals surface area (Å²) >= 11 is -0.277. The van der Waals surface area contributed by atoms with Crippen molar-refractivity contribution in [2.45, 2.75) is 23.9 Å². The van der Waals surface area contributed by atoms with Crippen molar-refractivity contribution in [3.05, 3.63) is 82.3 Å². The molecule has 0 radical (unpaired) electrons. The number of para-hydroxylation sites is 1. The summed E-state index contributed by atoms with van der Waals surface area (Å²) in [6, 6.07) is 11.9. The molecule has 160 valence electrons. The Morgan fingerprint density at radius 2 is 1.77 bits per heavy atom. The first-order valence-electron chi connectivity index (χ1n) is 9.05. The average Bonchev–Trinajstić information content (AvgIpc) is 2.93. The molecule has 5 nitrogen and oxygen atoms in total. The number of halogens is 4. The lowest BCUT2D eigenvalue weighted by Gasteiger charge is -2.09. The van der Waals surface area contributed by atoms with Crippen LogP contribution in [0.1, 0.15) is 11.3 Å². The fraction of sp³-hybridized carbons (Fsp3) is 0.143. The number of pyridine rings is 1. The molecule has 4 aromatic rings. The van der Waals surface area contributed by atoms with Crippen molar-refractivity contribution in [1.29, 1.82) is 0 Å². The van der Waals surface area contributed by atoms with E-state index in [0.29, 0.717) is 10.9 Å². The highest BCUT2D eigenvalue weighted by molar-refractivity contribution is 8.00. The second-order valence-corrected chi connectivity index (χ2v) is 7.90. The van der Waals surface area contributed by atoms with Crippen molar-refractivity contribution in [1.82, 2.24) is 14.1 Å². The summed E-state index contributed by atoms with van der Waals surface area (Å²) in [5.74, 6) is -0.967. The van der Waals surface area contributed by atoms with Crippen LogP contribution < -0.4 is 5.69 Å². The second kappa shape index (κ2) is 7.77. The second-order valence-electron chi connectivity index (χ2n) is 6.76. The van der Waals surface area contributed by atoms with Crippen LogP contribution in [0.15, 0.2) is 64.4 Å². The van der Waals surface area contributed by atoms with Crippen LogP contribution in [0.5, 0.6) is 5.88 Å². The third-order valence-electron chi connectivity index (χ3n) is 4.84. The van der Waals surface area contributed by atoms with E-state index < -0.39 is 17.0 Å². The van der Waals surface area contributed by atoms with E-state index in [1.54, 1.807) is 24.3 Å². The minimum atomic E-state index is -4.43. The Balaban J connectivity index is 1.76. The maximum atomic E-state index is 14.5. The molecule has 1 N–H and O–H groups in total. The van der Waals surface area contributed by atoms with Gasteiger partial charge in [-0.3, -0.25) is 9.55 Å². The molecule has 2 aromatic carbocycles. The molecule has 0 fully saturated rings. The van der Waals surface area contributed by atoms with Gasteiger partial charge in [0.1, 0.15) is 5.82 Å². The Labute approximate surface area is 177 Å². The zero-order valence-corrected chi connectivity index (χ0v) is 16.8. The van der Waals surface area contributed by atoms with Crippen molar-refractivity contribution >= 4 is 22.7 Å². The van der Waals surface area contributed by atoms with Crippen molar-refractivity contribution < 1.29 is 22.7 Å². The number of alkyl halides is 3. The molecule has 0 bridgehead atoms. The molecule has 2 aromatic heterocycles. The first-order valence-corrected chi connectivity index (χ1v) is 9.87. The number of benzene rings is 2. The third kappa shape index (κ3) is 4.02. The fourth-order valence-electron chi connectivity index (χ4n) is 3.35. The minimum absolute atomic E-state index is 0.0507. The zero-order chi connectivity index (χ0) is 22.3. The van der Waals surface area contributed by atoms with E-state index in [-0.39, 0.29) is 46.0 Å². The SMILES string of the molecule is Cc1c(O)n(-c2ccc(SC(F)(F)F)cc2)c(=O)n1Cc1c(F)cnc2ccccc12. The van der Waals surface area contributed by atoms with Gasteiger partial charge in [0.2, 0.25) is 5.88 Å². The summed E-state index contributed by atoms with van der Waals surface area (Å²) in [4.78, 5) is 17.0. The van der Waals surface area contributed by atoms with Gasteiger partial charge in [0.15, 0.2) is 0 Å². The summed E-state index contributed by atoms with van der Waals surface area (Å²) in [5.41, 5.74) is -3.89. The fourth-order valence-corrected chi connectivity index (χ4v) is 3.89. The highest BCUT2D eigenvalue weighted by atomic mass is 32.2. The quantitative estimate of drug-likeness (QED) is 0.352. The normalized spacial score (nSPS) is 11.9. The molecular weight excluding hydrogens is 434 g/mol. The highest BCUT2D eigenvalue weighted by Gasteiger charge is 2.29. The predicted molar refractivity (Wildman–Crippen MR) is 109 cm³/mol. The van der Waals surface area contributed by atoms with Gasteiger partial charge in [-0.15, -0.1) is 0 Å². The lowest BCUT2D eigenvalue weighted by Crippen LogP contribution is -2.24. The van der Waals surface area contributed by atoms with Crippen LogP contribution in [0, 0.1) is 12.7 Å². The number of aromatic hydroxyl groups is 1. The van der Waals surface area contributed by atoms with E-state index in [2.05, 4.69) is 4.98 Å². The minimum Gasteiger partial charge on any atom is -0.493 e. The van der Waals surface area contributed by atoms with Crippen LogP contribution >= 0.6 is 11.8 Å². The highest BCUT2D eigenvalue weighted by Crippen LogP contribution is 2.37. The molecule has 0 aliphatic carbocycles. The van der Waals surface area contributed by atoms with E-state index in [9.17, 15) is 27.5 Å². The van der Waals surface area contributed by atoms with Crippen molar-refractivity contribution in [3.8, 4) is 11.6 Å². The van der Waals surface area contributed by atoms with E-state index in [0.717, 1.165) is 10.8 Å². The van der Waals surface area contributed by atoms with Gasteiger partial charge in [-0.2, -0.15) is 13.2 Å². The van der Waals surface area contributed by atoms with E-state index >= 15 is 0 Å². The van der Waals surface area contributed by atoms with E-state index in [4.69, 9.17) is 0 Å². The molecule has 0 spiro atoms. The zero-order valence-electron chi connectivity index (χ0n) is 16.0. The topological polar surface area (TPSA) is 60.1 Å². The molecule has 0 amide bonds. The van der Waals surface area contributed by atoms with Crippen LogP contribution in [0.4, 0.5) is 17.6 Å². The maximum absolute atomic E-state index is 14.5. The van der Waals surface area contributed by atoms with Crippen LogP contribution in [0.2, 0.25) is 0 Å². The van der Waals surface area contributed by atoms with Crippen molar-refractivity contribution in [3.63, 3.8) is 0 Å². The lowest BCUT2D eigenvalue weighted by molar-refractivity contribution is -0.0328. The molecule has 0 saturated heterocycles. The summed E-state index contributed by atoms with van der Waals surface area (Å²) in [6.45, 7) is 1.35. The lowest BCUT2D eigenvalue weighted by atomic mass is 10.1. The third-order valence-corrected chi connectivity index (χ3v) is 5.58. The van der Waals surface area contributed by atoms with Gasteiger partial charge >= 0.3 is 11.2 Å². The van der Waals surface area contributed by atoms with Crippen molar-refractivity contribution in [2.24, 2.45) is 0 Å². The number of rotatable bonds is 4. The molecule has 0 aliphatic rings. The monoisotopic (exact) mass is 449 g/mol. The van der Waals surface area contributed by atoms with Crippen LogP contribution in [-0.4, -0.2) is 24.7 Å². The van der Waals surface area contributed by atoms with Gasteiger partial charge < -0.3 is 5.11 Å². The molecule has 0 aliphatic heterocycles. The molecule has 10 heteroatoms. The summed E-state index contributed by atoms with van der Waals surface area (Å²) in [7, 11) is 0. The Morgan fingerprint density at radius 3 is 2.45 bits per heavy atom. The Hall–Kier alpha value is -3.27. The Kier molecular flexibility index (Phi) is 5.26. The predicted octanol–water partition coefficient (Wildman–Crippen LogP) is 5.00. The number of imidazole rings is 1. The number of aromatic nitrogens is 3. The van der Waals surface area contributed by atoms with Gasteiger partial charge in [0, 0.05) is 15.8 Å². The molecule has 0 atom stereocenters. The van der Waals surface area contributed by atoms with Gasteiger partial charge in [-0.1, -0.05) is 18.2 Å². The molecule has 0 unspecified atom stereocenters. The molecule has 2 heterocycles. The number of hydrogen-bond donors (Lipinski definition) is 1. The van der Waals surface area contributed by atoms with Gasteiger partial charge in [0.05, 0.1) is 29.6 Å². The summed E-state index contributed by atoms with van der Waals surface area (Å²) in [6.07, 6.45) is 1.08. The Bertz CT molecular complexity index is 1330. The van der Waals surface area contributed by atoms with Crippen LogP contribution in [0.25, 0.3) is 16.6 Å². The maximum Gasteiger partial charge on any atom is 0.446 e. The summed E-state index contributed by atoms with van der Waals surface area (Å²) < 4.78 is 54.3. The smallest absolute Gasteiger partial charge is 0.446 e. The number of thioether (sulfide) groups is 1. The van der Waals surface area contributed by atoms with Crippen LogP contribution in [-0.2, 0) is 6.54 Å². The van der Waals surface area contributed by atoms with Gasteiger partial charge in [-0.25, -0.2) is 13.8 Å².